The Labute approximate surface area is 152 Å². The summed E-state index contributed by atoms with van der Waals surface area (Å²) in [5.74, 6) is 0.0899. The summed E-state index contributed by atoms with van der Waals surface area (Å²) in [6.07, 6.45) is 1.55. The van der Waals surface area contributed by atoms with Crippen molar-refractivity contribution in [2.75, 3.05) is 6.54 Å². The van der Waals surface area contributed by atoms with Gasteiger partial charge in [0.2, 0.25) is 5.91 Å². The van der Waals surface area contributed by atoms with Crippen LogP contribution in [0.3, 0.4) is 0 Å². The molecule has 0 aliphatic carbocycles. The molecule has 3 rings (SSSR count). The highest BCUT2D eigenvalue weighted by Gasteiger charge is 2.21. The number of nitrogens with zero attached hydrogens (tertiary/aromatic N) is 2. The van der Waals surface area contributed by atoms with Gasteiger partial charge in [0.15, 0.2) is 0 Å². The van der Waals surface area contributed by atoms with Crippen molar-refractivity contribution in [3.8, 4) is 0 Å². The summed E-state index contributed by atoms with van der Waals surface area (Å²) in [5, 5.41) is 4.05. The monoisotopic (exact) mass is 357 g/mol. The third kappa shape index (κ3) is 4.07. The molecule has 2 heterocycles. The van der Waals surface area contributed by atoms with Crippen LogP contribution in [0.1, 0.15) is 57.3 Å². The molecular weight excluding hydrogens is 334 g/mol. The number of carbonyl (C=O) groups is 2. The molecule has 1 saturated heterocycles. The Kier molecular flexibility index (Phi) is 5.18. The van der Waals surface area contributed by atoms with E-state index >= 15 is 0 Å². The largest absolute Gasteiger partial charge is 0.345 e. The lowest BCUT2D eigenvalue weighted by molar-refractivity contribution is -0.128. The minimum absolute atomic E-state index is 0.0810. The zero-order valence-corrected chi connectivity index (χ0v) is 15.7. The van der Waals surface area contributed by atoms with Gasteiger partial charge in [0.25, 0.3) is 5.91 Å². The Hall–Kier alpha value is -2.21. The minimum atomic E-state index is -0.104. The standard InChI is InChI=1S/C19H23N3O2S/c1-12-18(25-14(3)20-12)13(2)21-19(24)16-7-4-6-15(10-16)11-22-9-5-8-17(22)23/h4,6-7,10,13H,5,8-9,11H2,1-3H3,(H,21,24)/t13-/m0/s1. The van der Waals surface area contributed by atoms with Crippen LogP contribution in [-0.2, 0) is 11.3 Å². The first-order valence-electron chi connectivity index (χ1n) is 8.55. The van der Waals surface area contributed by atoms with Gasteiger partial charge in [0, 0.05) is 30.0 Å². The van der Waals surface area contributed by atoms with Gasteiger partial charge in [0.05, 0.1) is 16.7 Å². The van der Waals surface area contributed by atoms with Crippen LogP contribution in [0.2, 0.25) is 0 Å². The molecule has 0 radical (unpaired) electrons. The zero-order chi connectivity index (χ0) is 18.0. The molecule has 1 aliphatic rings. The number of nitrogens with one attached hydrogen (secondary N) is 1. The van der Waals surface area contributed by atoms with Gasteiger partial charge in [-0.05, 0) is 44.9 Å². The fourth-order valence-electron chi connectivity index (χ4n) is 3.20. The Morgan fingerprint density at radius 2 is 2.20 bits per heavy atom. The molecule has 0 spiro atoms. The summed E-state index contributed by atoms with van der Waals surface area (Å²) in [4.78, 5) is 31.7. The average Bonchev–Trinajstić information content (AvgIpc) is 3.12. The zero-order valence-electron chi connectivity index (χ0n) is 14.8. The van der Waals surface area contributed by atoms with Crippen molar-refractivity contribution in [3.63, 3.8) is 0 Å². The third-order valence-corrected chi connectivity index (χ3v) is 5.67. The SMILES string of the molecule is Cc1nc(C)c([C@H](C)NC(=O)c2cccc(CN3CCCC3=O)c2)s1. The van der Waals surface area contributed by atoms with Gasteiger partial charge >= 0.3 is 0 Å². The highest BCUT2D eigenvalue weighted by molar-refractivity contribution is 7.11. The van der Waals surface area contributed by atoms with Crippen LogP contribution in [0.25, 0.3) is 0 Å². The number of amides is 2. The van der Waals surface area contributed by atoms with Crippen molar-refractivity contribution in [2.45, 2.75) is 46.2 Å². The minimum Gasteiger partial charge on any atom is -0.345 e. The lowest BCUT2D eigenvalue weighted by Crippen LogP contribution is -2.27. The van der Waals surface area contributed by atoms with Gasteiger partial charge in [-0.2, -0.15) is 0 Å². The van der Waals surface area contributed by atoms with E-state index in [4.69, 9.17) is 0 Å². The van der Waals surface area contributed by atoms with E-state index < -0.39 is 0 Å². The molecule has 0 saturated carbocycles. The number of thiazole rings is 1. The van der Waals surface area contributed by atoms with Crippen molar-refractivity contribution in [1.82, 2.24) is 15.2 Å². The fourth-order valence-corrected chi connectivity index (χ4v) is 4.13. The first kappa shape index (κ1) is 17.6. The predicted molar refractivity (Wildman–Crippen MR) is 98.6 cm³/mol. The Morgan fingerprint density at radius 3 is 2.84 bits per heavy atom. The van der Waals surface area contributed by atoms with Crippen molar-refractivity contribution in [2.24, 2.45) is 0 Å². The normalized spacial score (nSPS) is 15.5. The first-order chi connectivity index (χ1) is 11.9. The maximum absolute atomic E-state index is 12.6. The van der Waals surface area contributed by atoms with Crippen LogP contribution >= 0.6 is 11.3 Å². The van der Waals surface area contributed by atoms with Gasteiger partial charge in [0.1, 0.15) is 0 Å². The molecule has 1 N–H and O–H groups in total. The van der Waals surface area contributed by atoms with Crippen molar-refractivity contribution in [3.05, 3.63) is 51.0 Å². The smallest absolute Gasteiger partial charge is 0.251 e. The fraction of sp³-hybridized carbons (Fsp3) is 0.421. The summed E-state index contributed by atoms with van der Waals surface area (Å²) in [6.45, 7) is 7.29. The van der Waals surface area contributed by atoms with E-state index in [-0.39, 0.29) is 17.9 Å². The van der Waals surface area contributed by atoms with Crippen LogP contribution in [0.5, 0.6) is 0 Å². The quantitative estimate of drug-likeness (QED) is 0.892. The van der Waals surface area contributed by atoms with E-state index in [1.807, 2.05) is 49.9 Å². The average molecular weight is 357 g/mol. The number of aromatic nitrogens is 1. The second-order valence-corrected chi connectivity index (χ2v) is 7.73. The number of carbonyl (C=O) groups excluding carboxylic acids is 2. The number of likely N-dealkylation sites (tertiary alicyclic amines) is 1. The van der Waals surface area contributed by atoms with Crippen LogP contribution in [-0.4, -0.2) is 28.2 Å². The molecular formula is C19H23N3O2S. The first-order valence-corrected chi connectivity index (χ1v) is 9.37. The Morgan fingerprint density at radius 1 is 1.40 bits per heavy atom. The summed E-state index contributed by atoms with van der Waals surface area (Å²) in [5.41, 5.74) is 2.58. The molecule has 5 nitrogen and oxygen atoms in total. The number of hydrogen-bond donors (Lipinski definition) is 1. The number of hydrogen-bond acceptors (Lipinski definition) is 4. The van der Waals surface area contributed by atoms with Crippen LogP contribution < -0.4 is 5.32 Å². The maximum atomic E-state index is 12.6. The summed E-state index contributed by atoms with van der Waals surface area (Å²) in [6, 6.07) is 7.43. The van der Waals surface area contributed by atoms with Gasteiger partial charge in [-0.1, -0.05) is 12.1 Å². The van der Waals surface area contributed by atoms with E-state index in [0.717, 1.165) is 34.1 Å². The molecule has 1 aromatic carbocycles. The molecule has 6 heteroatoms. The maximum Gasteiger partial charge on any atom is 0.251 e. The molecule has 0 bridgehead atoms. The molecule has 2 aromatic rings. The van der Waals surface area contributed by atoms with Gasteiger partial charge in [-0.15, -0.1) is 11.3 Å². The van der Waals surface area contributed by atoms with E-state index in [1.165, 1.54) is 0 Å². The van der Waals surface area contributed by atoms with Crippen molar-refractivity contribution >= 4 is 23.2 Å². The van der Waals surface area contributed by atoms with E-state index in [0.29, 0.717) is 18.5 Å². The number of rotatable bonds is 5. The second kappa shape index (κ2) is 7.35. The molecule has 25 heavy (non-hydrogen) atoms. The highest BCUT2D eigenvalue weighted by atomic mass is 32.1. The molecule has 1 atom stereocenters. The topological polar surface area (TPSA) is 62.3 Å². The highest BCUT2D eigenvalue weighted by Crippen LogP contribution is 2.24. The lowest BCUT2D eigenvalue weighted by atomic mass is 10.1. The van der Waals surface area contributed by atoms with E-state index in [2.05, 4.69) is 10.3 Å². The van der Waals surface area contributed by atoms with Gasteiger partial charge in [-0.3, -0.25) is 9.59 Å². The summed E-state index contributed by atoms with van der Waals surface area (Å²) >= 11 is 1.61. The van der Waals surface area contributed by atoms with E-state index in [9.17, 15) is 9.59 Å². The third-order valence-electron chi connectivity index (χ3n) is 4.41. The molecule has 2 amide bonds. The molecule has 0 unspecified atom stereocenters. The Balaban J connectivity index is 1.68. The molecule has 132 valence electrons. The number of aryl methyl sites for hydroxylation is 2. The van der Waals surface area contributed by atoms with Crippen molar-refractivity contribution in [1.29, 1.82) is 0 Å². The summed E-state index contributed by atoms with van der Waals surface area (Å²) < 4.78 is 0. The second-order valence-electron chi connectivity index (χ2n) is 6.50. The molecule has 1 aromatic heterocycles. The predicted octanol–water partition coefficient (Wildman–Crippen LogP) is 3.37. The van der Waals surface area contributed by atoms with E-state index in [1.54, 1.807) is 11.3 Å². The lowest BCUT2D eigenvalue weighted by Gasteiger charge is -2.17. The van der Waals surface area contributed by atoms with Crippen LogP contribution in [0, 0.1) is 13.8 Å². The summed E-state index contributed by atoms with van der Waals surface area (Å²) in [7, 11) is 0. The number of benzene rings is 1. The molecule has 1 fully saturated rings. The Bertz CT molecular complexity index is 800. The van der Waals surface area contributed by atoms with Crippen LogP contribution in [0.4, 0.5) is 0 Å². The van der Waals surface area contributed by atoms with Gasteiger partial charge < -0.3 is 10.2 Å². The van der Waals surface area contributed by atoms with Crippen molar-refractivity contribution < 1.29 is 9.59 Å². The van der Waals surface area contributed by atoms with Gasteiger partial charge in [-0.25, -0.2) is 4.98 Å². The van der Waals surface area contributed by atoms with Crippen LogP contribution in [0.15, 0.2) is 24.3 Å². The molecule has 1 aliphatic heterocycles.